The molecule has 20 heavy (non-hydrogen) atoms. The number of carbonyl (C=O) groups is 1. The number of nitrogens with zero attached hydrogens (tertiary/aromatic N) is 1. The smallest absolute Gasteiger partial charge is 0.409 e. The van der Waals surface area contributed by atoms with E-state index >= 15 is 0 Å². The van der Waals surface area contributed by atoms with Gasteiger partial charge in [0.25, 0.3) is 0 Å². The zero-order valence-corrected chi connectivity index (χ0v) is 11.6. The number of hydrogen-bond donors (Lipinski definition) is 0. The van der Waals surface area contributed by atoms with Crippen molar-refractivity contribution in [2.24, 2.45) is 0 Å². The SMILES string of the molecule is CN1C(=O)O/C(=C\c2ccccc2)c2cccc(Cl)c21. The molecule has 0 spiro atoms. The lowest BCUT2D eigenvalue weighted by Gasteiger charge is -2.27. The average Bonchev–Trinajstić information content (AvgIpc) is 2.45. The molecule has 100 valence electrons. The number of ether oxygens (including phenoxy) is 1. The number of carbonyl (C=O) groups excluding carboxylic acids is 1. The van der Waals surface area contributed by atoms with Crippen LogP contribution in [0.2, 0.25) is 5.02 Å². The highest BCUT2D eigenvalue weighted by Crippen LogP contribution is 2.39. The number of anilines is 1. The van der Waals surface area contributed by atoms with Crippen molar-refractivity contribution in [2.75, 3.05) is 11.9 Å². The Morgan fingerprint density at radius 2 is 1.85 bits per heavy atom. The van der Waals surface area contributed by atoms with Gasteiger partial charge in [-0.25, -0.2) is 4.79 Å². The zero-order valence-electron chi connectivity index (χ0n) is 10.8. The Labute approximate surface area is 122 Å². The van der Waals surface area contributed by atoms with Gasteiger partial charge in [-0.3, -0.25) is 4.90 Å². The summed E-state index contributed by atoms with van der Waals surface area (Å²) in [6, 6.07) is 15.2. The van der Waals surface area contributed by atoms with E-state index in [1.54, 1.807) is 13.1 Å². The van der Waals surface area contributed by atoms with Crippen molar-refractivity contribution in [1.82, 2.24) is 0 Å². The molecule has 1 amide bonds. The first-order valence-corrected chi connectivity index (χ1v) is 6.56. The van der Waals surface area contributed by atoms with Crippen molar-refractivity contribution in [3.63, 3.8) is 0 Å². The van der Waals surface area contributed by atoms with Gasteiger partial charge in [0.05, 0.1) is 10.7 Å². The first-order valence-electron chi connectivity index (χ1n) is 6.18. The quantitative estimate of drug-likeness (QED) is 0.776. The van der Waals surface area contributed by atoms with E-state index in [1.807, 2.05) is 48.5 Å². The molecule has 2 aromatic rings. The number of cyclic esters (lactones) is 1. The highest BCUT2D eigenvalue weighted by Gasteiger charge is 2.28. The summed E-state index contributed by atoms with van der Waals surface area (Å²) in [6.45, 7) is 0. The topological polar surface area (TPSA) is 29.5 Å². The predicted molar refractivity (Wildman–Crippen MR) is 80.6 cm³/mol. The molecule has 0 aliphatic carbocycles. The van der Waals surface area contributed by atoms with E-state index in [4.69, 9.17) is 16.3 Å². The maximum atomic E-state index is 11.9. The molecule has 3 rings (SSSR count). The van der Waals surface area contributed by atoms with Crippen molar-refractivity contribution in [1.29, 1.82) is 0 Å². The highest BCUT2D eigenvalue weighted by atomic mass is 35.5. The number of benzene rings is 2. The lowest BCUT2D eigenvalue weighted by atomic mass is 10.1. The minimum absolute atomic E-state index is 0.437. The minimum Gasteiger partial charge on any atom is -0.409 e. The predicted octanol–water partition coefficient (Wildman–Crippen LogP) is 4.42. The molecule has 0 N–H and O–H groups in total. The van der Waals surface area contributed by atoms with Crippen LogP contribution in [0, 0.1) is 0 Å². The molecule has 1 heterocycles. The molecule has 0 unspecified atom stereocenters. The van der Waals surface area contributed by atoms with E-state index in [9.17, 15) is 4.79 Å². The number of para-hydroxylation sites is 1. The number of halogens is 1. The average molecular weight is 286 g/mol. The molecule has 0 aromatic heterocycles. The van der Waals surface area contributed by atoms with Crippen molar-refractivity contribution in [2.45, 2.75) is 0 Å². The fourth-order valence-electron chi connectivity index (χ4n) is 2.17. The lowest BCUT2D eigenvalue weighted by molar-refractivity contribution is 0.199. The standard InChI is InChI=1S/C16H12ClNO2/c1-18-15-12(8-5-9-13(15)17)14(20-16(18)19)10-11-6-3-2-4-7-11/h2-10H,1H3/b14-10-. The van der Waals surface area contributed by atoms with Gasteiger partial charge in [0.1, 0.15) is 5.76 Å². The van der Waals surface area contributed by atoms with Crippen molar-refractivity contribution in [3.05, 3.63) is 64.7 Å². The van der Waals surface area contributed by atoms with Crippen LogP contribution >= 0.6 is 11.6 Å². The minimum atomic E-state index is -0.437. The molecule has 3 nitrogen and oxygen atoms in total. The monoisotopic (exact) mass is 285 g/mol. The van der Waals surface area contributed by atoms with Gasteiger partial charge in [-0.05, 0) is 23.8 Å². The Morgan fingerprint density at radius 3 is 2.60 bits per heavy atom. The van der Waals surface area contributed by atoms with Gasteiger partial charge in [-0.1, -0.05) is 48.0 Å². The summed E-state index contributed by atoms with van der Waals surface area (Å²) in [5, 5.41) is 0.528. The van der Waals surface area contributed by atoms with Crippen LogP contribution in [0.4, 0.5) is 10.5 Å². The Hall–Kier alpha value is -2.26. The molecule has 1 aliphatic heterocycles. The molecular formula is C16H12ClNO2. The largest absolute Gasteiger partial charge is 0.419 e. The first kappa shape index (κ1) is 12.8. The van der Waals surface area contributed by atoms with Crippen LogP contribution in [0.5, 0.6) is 0 Å². The van der Waals surface area contributed by atoms with Gasteiger partial charge in [-0.15, -0.1) is 0 Å². The van der Waals surface area contributed by atoms with Crippen LogP contribution in [-0.2, 0) is 4.74 Å². The van der Waals surface area contributed by atoms with E-state index in [2.05, 4.69) is 0 Å². The van der Waals surface area contributed by atoms with E-state index in [0.717, 1.165) is 11.1 Å². The van der Waals surface area contributed by atoms with Gasteiger partial charge < -0.3 is 4.74 Å². The molecule has 0 fully saturated rings. The fraction of sp³-hybridized carbons (Fsp3) is 0.0625. The fourth-order valence-corrected chi connectivity index (χ4v) is 2.47. The van der Waals surface area contributed by atoms with Crippen molar-refractivity contribution < 1.29 is 9.53 Å². The third kappa shape index (κ3) is 2.17. The molecule has 0 bridgehead atoms. The van der Waals surface area contributed by atoms with Crippen molar-refractivity contribution >= 4 is 35.2 Å². The highest BCUT2D eigenvalue weighted by molar-refractivity contribution is 6.34. The van der Waals surface area contributed by atoms with Crippen LogP contribution in [0.15, 0.2) is 48.5 Å². The van der Waals surface area contributed by atoms with Gasteiger partial charge in [0, 0.05) is 12.6 Å². The third-order valence-electron chi connectivity index (χ3n) is 3.16. The number of rotatable bonds is 1. The molecule has 1 aliphatic rings. The third-order valence-corrected chi connectivity index (χ3v) is 3.46. The summed E-state index contributed by atoms with van der Waals surface area (Å²) in [7, 11) is 1.65. The summed E-state index contributed by atoms with van der Waals surface area (Å²) in [6.07, 6.45) is 1.40. The summed E-state index contributed by atoms with van der Waals surface area (Å²) in [5.74, 6) is 0.511. The van der Waals surface area contributed by atoms with E-state index in [0.29, 0.717) is 16.5 Å². The normalized spacial score (nSPS) is 16.0. The van der Waals surface area contributed by atoms with Gasteiger partial charge in [-0.2, -0.15) is 0 Å². The Bertz CT molecular complexity index is 695. The molecule has 0 radical (unpaired) electrons. The van der Waals surface area contributed by atoms with E-state index in [1.165, 1.54) is 4.90 Å². The zero-order chi connectivity index (χ0) is 14.1. The maximum Gasteiger partial charge on any atom is 0.419 e. The summed E-state index contributed by atoms with van der Waals surface area (Å²) < 4.78 is 5.37. The molecule has 0 saturated heterocycles. The molecule has 0 saturated carbocycles. The molecule has 4 heteroatoms. The van der Waals surface area contributed by atoms with Crippen LogP contribution in [0.25, 0.3) is 11.8 Å². The molecule has 0 atom stereocenters. The van der Waals surface area contributed by atoms with Gasteiger partial charge in [0.15, 0.2) is 0 Å². The summed E-state index contributed by atoms with van der Waals surface area (Å²) in [5.41, 5.74) is 2.45. The second-order valence-electron chi connectivity index (χ2n) is 4.48. The maximum absolute atomic E-state index is 11.9. The number of fused-ring (bicyclic) bond motifs is 1. The summed E-state index contributed by atoms with van der Waals surface area (Å²) >= 11 is 6.19. The second-order valence-corrected chi connectivity index (χ2v) is 4.89. The number of hydrogen-bond acceptors (Lipinski definition) is 2. The molecule has 2 aromatic carbocycles. The lowest BCUT2D eigenvalue weighted by Crippen LogP contribution is -2.31. The van der Waals surface area contributed by atoms with Crippen LogP contribution in [0.1, 0.15) is 11.1 Å². The Balaban J connectivity index is 2.16. The molecular weight excluding hydrogens is 274 g/mol. The Morgan fingerprint density at radius 1 is 1.10 bits per heavy atom. The van der Waals surface area contributed by atoms with Crippen LogP contribution in [0.3, 0.4) is 0 Å². The van der Waals surface area contributed by atoms with E-state index < -0.39 is 6.09 Å². The van der Waals surface area contributed by atoms with Gasteiger partial charge >= 0.3 is 6.09 Å². The second kappa shape index (κ2) is 5.02. The van der Waals surface area contributed by atoms with Crippen molar-refractivity contribution in [3.8, 4) is 0 Å². The first-order chi connectivity index (χ1) is 9.66. The van der Waals surface area contributed by atoms with Crippen LogP contribution < -0.4 is 4.90 Å². The van der Waals surface area contributed by atoms with Crippen LogP contribution in [-0.4, -0.2) is 13.1 Å². The number of amides is 1. The van der Waals surface area contributed by atoms with E-state index in [-0.39, 0.29) is 0 Å². The van der Waals surface area contributed by atoms with Gasteiger partial charge in [0.2, 0.25) is 0 Å². The Kier molecular flexibility index (Phi) is 3.20. The summed E-state index contributed by atoms with van der Waals surface area (Å²) in [4.78, 5) is 13.3.